The first-order valence-electron chi connectivity index (χ1n) is 8.81. The average molecular weight is 393 g/mol. The highest BCUT2D eigenvalue weighted by Crippen LogP contribution is 2.19. The minimum absolute atomic E-state index is 0.127. The predicted molar refractivity (Wildman–Crippen MR) is 101 cm³/mol. The Morgan fingerprint density at radius 1 is 1.21 bits per heavy atom. The highest BCUT2D eigenvalue weighted by atomic mass is 16.4. The second kappa shape index (κ2) is 10.5. The summed E-state index contributed by atoms with van der Waals surface area (Å²) in [6, 6.07) is 8.21. The molecule has 28 heavy (non-hydrogen) atoms. The van der Waals surface area contributed by atoms with Crippen molar-refractivity contribution in [1.82, 2.24) is 15.1 Å². The molecule has 0 radical (unpaired) electrons. The van der Waals surface area contributed by atoms with Crippen LogP contribution < -0.4 is 5.32 Å². The Morgan fingerprint density at radius 2 is 1.75 bits per heavy atom. The number of nitrogens with zero attached hydrogens (tertiary/aromatic N) is 2. The van der Waals surface area contributed by atoms with Crippen LogP contribution in [0.3, 0.4) is 0 Å². The summed E-state index contributed by atoms with van der Waals surface area (Å²) < 4.78 is 0. The molecule has 1 aliphatic heterocycles. The van der Waals surface area contributed by atoms with E-state index in [1.807, 2.05) is 30.3 Å². The van der Waals surface area contributed by atoms with E-state index in [0.29, 0.717) is 6.54 Å². The topological polar surface area (TPSA) is 127 Å². The molecule has 3 amide bonds. The van der Waals surface area contributed by atoms with Gasteiger partial charge in [0.25, 0.3) is 0 Å². The Morgan fingerprint density at radius 3 is 2.18 bits per heavy atom. The molecular formula is C19H27N3O6. The number of rotatable bonds is 6. The molecule has 9 nitrogen and oxygen atoms in total. The number of aliphatic carboxylic acids is 1. The molecule has 9 heteroatoms. The summed E-state index contributed by atoms with van der Waals surface area (Å²) >= 11 is 0. The van der Waals surface area contributed by atoms with Crippen LogP contribution in [0.1, 0.15) is 25.8 Å². The lowest BCUT2D eigenvalue weighted by Crippen LogP contribution is -2.49. The fraction of sp³-hybridized carbons (Fsp3) is 0.474. The Labute approximate surface area is 163 Å². The normalized spacial score (nSPS) is 18.4. The second-order valence-electron chi connectivity index (χ2n) is 6.68. The Hall–Kier alpha value is -2.78. The van der Waals surface area contributed by atoms with Crippen LogP contribution >= 0.6 is 0 Å². The molecule has 3 atom stereocenters. The number of hydrogen-bond acceptors (Lipinski definition) is 6. The number of amides is 3. The number of hydrogen-bond donors (Lipinski definition) is 3. The van der Waals surface area contributed by atoms with Crippen LogP contribution in [0.25, 0.3) is 0 Å². The molecule has 0 aromatic heterocycles. The van der Waals surface area contributed by atoms with Crippen LogP contribution in [0.4, 0.5) is 0 Å². The Balaban J connectivity index is 0.000000568. The number of aliphatic hydroxyl groups excluding tert-OH is 1. The molecule has 0 spiro atoms. The molecular weight excluding hydrogens is 366 g/mol. The average Bonchev–Trinajstić information content (AvgIpc) is 2.95. The molecule has 1 saturated heterocycles. The van der Waals surface area contributed by atoms with Gasteiger partial charge in [0.05, 0.1) is 12.5 Å². The van der Waals surface area contributed by atoms with Crippen molar-refractivity contribution in [2.45, 2.75) is 45.0 Å². The molecule has 1 unspecified atom stereocenters. The van der Waals surface area contributed by atoms with Crippen LogP contribution in [0.5, 0.6) is 0 Å². The van der Waals surface area contributed by atoms with E-state index in [0.717, 1.165) is 10.5 Å². The summed E-state index contributed by atoms with van der Waals surface area (Å²) in [6.45, 7) is 3.15. The van der Waals surface area contributed by atoms with Crippen LogP contribution in [0.15, 0.2) is 30.3 Å². The third kappa shape index (κ3) is 6.43. The van der Waals surface area contributed by atoms with E-state index in [9.17, 15) is 19.2 Å². The van der Waals surface area contributed by atoms with Gasteiger partial charge in [-0.05, 0) is 33.5 Å². The molecule has 2 rings (SSSR count). The van der Waals surface area contributed by atoms with Gasteiger partial charge in [-0.25, -0.2) is 4.79 Å². The zero-order chi connectivity index (χ0) is 21.4. The lowest BCUT2D eigenvalue weighted by Gasteiger charge is -2.23. The van der Waals surface area contributed by atoms with E-state index in [-0.39, 0.29) is 24.1 Å². The summed E-state index contributed by atoms with van der Waals surface area (Å²) in [5.41, 5.74) is 0.966. The van der Waals surface area contributed by atoms with E-state index in [2.05, 4.69) is 5.32 Å². The van der Waals surface area contributed by atoms with Crippen molar-refractivity contribution in [1.29, 1.82) is 0 Å². The number of benzene rings is 1. The van der Waals surface area contributed by atoms with Crippen molar-refractivity contribution in [3.63, 3.8) is 0 Å². The van der Waals surface area contributed by atoms with E-state index in [1.165, 1.54) is 6.92 Å². The van der Waals surface area contributed by atoms with Gasteiger partial charge in [-0.1, -0.05) is 30.3 Å². The van der Waals surface area contributed by atoms with Gasteiger partial charge in [-0.3, -0.25) is 24.2 Å². The summed E-state index contributed by atoms with van der Waals surface area (Å²) in [5.74, 6) is -2.12. The van der Waals surface area contributed by atoms with Crippen LogP contribution in [0.2, 0.25) is 0 Å². The van der Waals surface area contributed by atoms with E-state index in [1.54, 1.807) is 25.9 Å². The number of nitrogens with one attached hydrogen (secondary N) is 1. The van der Waals surface area contributed by atoms with E-state index in [4.69, 9.17) is 10.2 Å². The number of imide groups is 1. The molecule has 1 heterocycles. The third-order valence-corrected chi connectivity index (χ3v) is 4.22. The number of likely N-dealkylation sites (N-methyl/N-ethyl adjacent to an activating group) is 1. The molecule has 1 fully saturated rings. The molecule has 1 aromatic rings. The molecule has 154 valence electrons. The maximum Gasteiger partial charge on any atom is 0.332 e. The molecule has 1 aliphatic rings. The van der Waals surface area contributed by atoms with Gasteiger partial charge in [0, 0.05) is 6.54 Å². The van der Waals surface area contributed by atoms with Crippen molar-refractivity contribution >= 4 is 23.7 Å². The van der Waals surface area contributed by atoms with Gasteiger partial charge in [-0.15, -0.1) is 0 Å². The fourth-order valence-electron chi connectivity index (χ4n) is 2.49. The smallest absolute Gasteiger partial charge is 0.332 e. The van der Waals surface area contributed by atoms with Crippen molar-refractivity contribution in [3.8, 4) is 0 Å². The number of likely N-dealkylation sites (tertiary alicyclic amines) is 1. The molecule has 1 aromatic carbocycles. The second-order valence-corrected chi connectivity index (χ2v) is 6.68. The third-order valence-electron chi connectivity index (χ3n) is 4.22. The molecule has 0 bridgehead atoms. The maximum absolute atomic E-state index is 12.3. The SMILES string of the molecule is C[C@@H](C(=O)NCc1ccccc1)N1C(=O)CC(N(C)C)C1=O.C[C@H](O)C(=O)O. The monoisotopic (exact) mass is 393 g/mol. The predicted octanol–water partition coefficient (Wildman–Crippen LogP) is -0.168. The minimum atomic E-state index is -1.23. The van der Waals surface area contributed by atoms with Gasteiger partial charge in [0.2, 0.25) is 17.7 Å². The van der Waals surface area contributed by atoms with Crippen molar-refractivity contribution in [2.24, 2.45) is 0 Å². The van der Waals surface area contributed by atoms with Gasteiger partial charge >= 0.3 is 5.97 Å². The van der Waals surface area contributed by atoms with Crippen molar-refractivity contribution in [2.75, 3.05) is 14.1 Å². The summed E-state index contributed by atoms with van der Waals surface area (Å²) in [7, 11) is 3.50. The van der Waals surface area contributed by atoms with Crippen LogP contribution in [-0.2, 0) is 25.7 Å². The molecule has 0 aliphatic carbocycles. The van der Waals surface area contributed by atoms with E-state index >= 15 is 0 Å². The van der Waals surface area contributed by atoms with Gasteiger partial charge in [0.15, 0.2) is 0 Å². The first kappa shape index (κ1) is 23.3. The highest BCUT2D eigenvalue weighted by molar-refractivity contribution is 6.08. The standard InChI is InChI=1S/C16H21N3O3.C3H6O3/c1-11(15(21)17-10-12-7-5-4-6-8-12)19-14(20)9-13(16(19)22)18(2)3;1-2(4)3(5)6/h4-8,11,13H,9-10H2,1-3H3,(H,17,21);2,4H,1H3,(H,5,6)/t11-,13?;2-/m00/s1. The van der Waals surface area contributed by atoms with Crippen molar-refractivity contribution in [3.05, 3.63) is 35.9 Å². The van der Waals surface area contributed by atoms with Gasteiger partial charge < -0.3 is 15.5 Å². The lowest BCUT2D eigenvalue weighted by atomic mass is 10.2. The first-order valence-corrected chi connectivity index (χ1v) is 8.81. The zero-order valence-corrected chi connectivity index (χ0v) is 16.5. The van der Waals surface area contributed by atoms with Crippen LogP contribution in [-0.4, -0.2) is 76.0 Å². The summed E-state index contributed by atoms with van der Waals surface area (Å²) in [5, 5.41) is 18.5. The first-order chi connectivity index (χ1) is 13.1. The number of carboxylic acids is 1. The molecule has 3 N–H and O–H groups in total. The van der Waals surface area contributed by atoms with Crippen LogP contribution in [0, 0.1) is 0 Å². The quantitative estimate of drug-likeness (QED) is 0.573. The van der Waals surface area contributed by atoms with Gasteiger partial charge in [-0.2, -0.15) is 0 Å². The number of aliphatic hydroxyl groups is 1. The maximum atomic E-state index is 12.3. The summed E-state index contributed by atoms with van der Waals surface area (Å²) in [4.78, 5) is 48.7. The number of carbonyl (C=O) groups excluding carboxylic acids is 3. The fourth-order valence-corrected chi connectivity index (χ4v) is 2.49. The van der Waals surface area contributed by atoms with Gasteiger partial charge in [0.1, 0.15) is 12.1 Å². The Bertz CT molecular complexity index is 705. The van der Waals surface area contributed by atoms with E-state index < -0.39 is 24.2 Å². The zero-order valence-electron chi connectivity index (χ0n) is 16.5. The number of carboxylic acid groups (broad SMARTS) is 1. The highest BCUT2D eigenvalue weighted by Gasteiger charge is 2.43. The lowest BCUT2D eigenvalue weighted by molar-refractivity contribution is -0.147. The molecule has 0 saturated carbocycles. The number of carbonyl (C=O) groups is 4. The largest absolute Gasteiger partial charge is 0.479 e. The van der Waals surface area contributed by atoms with Crippen molar-refractivity contribution < 1.29 is 29.4 Å². The minimum Gasteiger partial charge on any atom is -0.479 e. The Kier molecular flexibility index (Phi) is 8.75. The summed E-state index contributed by atoms with van der Waals surface area (Å²) in [6.07, 6.45) is -1.10.